The van der Waals surface area contributed by atoms with Gasteiger partial charge >= 0.3 is 5.97 Å². The molecule has 0 atom stereocenters. The summed E-state index contributed by atoms with van der Waals surface area (Å²) in [5, 5.41) is 0. The maximum Gasteiger partial charge on any atom is 0.345 e. The van der Waals surface area contributed by atoms with Crippen LogP contribution in [0.25, 0.3) is 0 Å². The number of methoxy groups -OCH3 is 2. The second kappa shape index (κ2) is 7.70. The number of carbonyl (C=O) groups is 1. The van der Waals surface area contributed by atoms with Crippen LogP contribution in [-0.4, -0.2) is 36.8 Å². The SMILES string of the molecule is CO/C=C(O[Si](C)(C)C)/C(C(=O)OC)=C(/C)O[Si](C)(C)C. The summed E-state index contributed by atoms with van der Waals surface area (Å²) in [5.74, 6) is 0.370. The van der Waals surface area contributed by atoms with Crippen LogP contribution in [0.2, 0.25) is 39.3 Å². The molecule has 122 valence electrons. The van der Waals surface area contributed by atoms with Gasteiger partial charge in [-0.2, -0.15) is 0 Å². The Morgan fingerprint density at radius 3 is 1.71 bits per heavy atom. The molecule has 0 aliphatic heterocycles. The van der Waals surface area contributed by atoms with Gasteiger partial charge in [0.1, 0.15) is 11.8 Å². The molecule has 21 heavy (non-hydrogen) atoms. The number of ether oxygens (including phenoxy) is 2. The molecule has 0 aliphatic carbocycles. The molecule has 0 saturated heterocycles. The normalized spacial score (nSPS) is 14.2. The lowest BCUT2D eigenvalue weighted by atomic mass is 10.2. The monoisotopic (exact) mass is 332 g/mol. The van der Waals surface area contributed by atoms with E-state index in [0.29, 0.717) is 11.5 Å². The Morgan fingerprint density at radius 1 is 0.905 bits per heavy atom. The predicted molar refractivity (Wildman–Crippen MR) is 88.7 cm³/mol. The molecular weight excluding hydrogens is 304 g/mol. The molecule has 0 aromatic carbocycles. The Kier molecular flexibility index (Phi) is 7.25. The van der Waals surface area contributed by atoms with E-state index in [4.69, 9.17) is 18.3 Å². The van der Waals surface area contributed by atoms with Gasteiger partial charge in [0.25, 0.3) is 0 Å². The van der Waals surface area contributed by atoms with Crippen molar-refractivity contribution in [2.24, 2.45) is 0 Å². The smallest absolute Gasteiger partial charge is 0.345 e. The molecule has 0 aromatic heterocycles. The number of carbonyl (C=O) groups excluding carboxylic acids is 1. The first-order valence-electron chi connectivity index (χ1n) is 6.82. The average Bonchev–Trinajstić information content (AvgIpc) is 2.24. The van der Waals surface area contributed by atoms with Crippen molar-refractivity contribution in [3.63, 3.8) is 0 Å². The first kappa shape index (κ1) is 19.8. The van der Waals surface area contributed by atoms with E-state index < -0.39 is 22.6 Å². The molecule has 0 spiro atoms. The quantitative estimate of drug-likeness (QED) is 0.234. The molecular formula is C14H28O5Si2. The number of esters is 1. The van der Waals surface area contributed by atoms with Crippen molar-refractivity contribution in [2.45, 2.75) is 46.2 Å². The third-order valence-corrected chi connectivity index (χ3v) is 3.84. The van der Waals surface area contributed by atoms with Crippen molar-refractivity contribution in [1.82, 2.24) is 0 Å². The summed E-state index contributed by atoms with van der Waals surface area (Å²) < 4.78 is 21.8. The summed E-state index contributed by atoms with van der Waals surface area (Å²) in [7, 11) is -0.917. The minimum absolute atomic E-state index is 0.282. The van der Waals surface area contributed by atoms with Crippen molar-refractivity contribution < 1.29 is 23.1 Å². The first-order chi connectivity index (χ1) is 9.41. The molecule has 0 aliphatic rings. The van der Waals surface area contributed by atoms with Crippen LogP contribution in [0.1, 0.15) is 6.92 Å². The maximum atomic E-state index is 12.1. The van der Waals surface area contributed by atoms with Crippen LogP contribution >= 0.6 is 0 Å². The van der Waals surface area contributed by atoms with Crippen molar-refractivity contribution in [1.29, 1.82) is 0 Å². The fourth-order valence-electron chi connectivity index (χ4n) is 1.60. The van der Waals surface area contributed by atoms with Gasteiger partial charge in [0.15, 0.2) is 5.76 Å². The molecule has 0 bridgehead atoms. The Morgan fingerprint density at radius 2 is 1.38 bits per heavy atom. The molecule has 0 N–H and O–H groups in total. The van der Waals surface area contributed by atoms with Gasteiger partial charge in [0.05, 0.1) is 20.0 Å². The summed E-state index contributed by atoms with van der Waals surface area (Å²) in [6.45, 7) is 14.0. The number of hydrogen-bond acceptors (Lipinski definition) is 5. The zero-order valence-corrected chi connectivity index (χ0v) is 16.6. The highest BCUT2D eigenvalue weighted by atomic mass is 28.4. The van der Waals surface area contributed by atoms with Crippen molar-refractivity contribution >= 4 is 22.6 Å². The zero-order valence-electron chi connectivity index (χ0n) is 14.6. The van der Waals surface area contributed by atoms with Gasteiger partial charge in [-0.05, 0) is 46.2 Å². The van der Waals surface area contributed by atoms with Gasteiger partial charge in [-0.25, -0.2) is 4.79 Å². The lowest BCUT2D eigenvalue weighted by Crippen LogP contribution is -2.29. The second-order valence-corrected chi connectivity index (χ2v) is 15.4. The molecule has 0 aromatic rings. The molecule has 5 nitrogen and oxygen atoms in total. The third kappa shape index (κ3) is 7.96. The van der Waals surface area contributed by atoms with Crippen LogP contribution in [-0.2, 0) is 23.1 Å². The Bertz CT molecular complexity index is 428. The lowest BCUT2D eigenvalue weighted by molar-refractivity contribution is -0.136. The summed E-state index contributed by atoms with van der Waals surface area (Å²) in [6, 6.07) is 0. The minimum Gasteiger partial charge on any atom is -0.547 e. The van der Waals surface area contributed by atoms with E-state index in [1.165, 1.54) is 20.5 Å². The highest BCUT2D eigenvalue weighted by molar-refractivity contribution is 6.70. The van der Waals surface area contributed by atoms with Crippen LogP contribution in [0.5, 0.6) is 0 Å². The third-order valence-electron chi connectivity index (χ3n) is 2.09. The highest BCUT2D eigenvalue weighted by Gasteiger charge is 2.28. The van der Waals surface area contributed by atoms with Crippen LogP contribution in [0.15, 0.2) is 23.4 Å². The molecule has 7 heteroatoms. The van der Waals surface area contributed by atoms with Gasteiger partial charge in [0, 0.05) is 0 Å². The van der Waals surface area contributed by atoms with E-state index in [1.54, 1.807) is 6.92 Å². The van der Waals surface area contributed by atoms with Crippen LogP contribution in [0.3, 0.4) is 0 Å². The van der Waals surface area contributed by atoms with Crippen LogP contribution < -0.4 is 0 Å². The number of hydrogen-bond donors (Lipinski definition) is 0. The average molecular weight is 333 g/mol. The minimum atomic E-state index is -1.92. The Balaban J connectivity index is 5.82. The Hall–Kier alpha value is -1.22. The number of allylic oxidation sites excluding steroid dienone is 1. The van der Waals surface area contributed by atoms with Crippen LogP contribution in [0.4, 0.5) is 0 Å². The number of rotatable bonds is 7. The van der Waals surface area contributed by atoms with E-state index in [2.05, 4.69) is 0 Å². The van der Waals surface area contributed by atoms with E-state index >= 15 is 0 Å². The van der Waals surface area contributed by atoms with E-state index in [-0.39, 0.29) is 5.57 Å². The largest absolute Gasteiger partial charge is 0.547 e. The summed E-state index contributed by atoms with van der Waals surface area (Å²) in [6.07, 6.45) is 1.42. The van der Waals surface area contributed by atoms with Crippen molar-refractivity contribution in [3.05, 3.63) is 23.4 Å². The summed E-state index contributed by atoms with van der Waals surface area (Å²) >= 11 is 0. The molecule has 0 rings (SSSR count). The fraction of sp³-hybridized carbons (Fsp3) is 0.643. The fourth-order valence-corrected chi connectivity index (χ4v) is 3.43. The molecule has 0 radical (unpaired) electrons. The first-order valence-corrected chi connectivity index (χ1v) is 13.6. The predicted octanol–water partition coefficient (Wildman–Crippen LogP) is 3.62. The summed E-state index contributed by atoms with van der Waals surface area (Å²) in [4.78, 5) is 12.1. The van der Waals surface area contributed by atoms with E-state index in [0.717, 1.165) is 0 Å². The molecule has 0 unspecified atom stereocenters. The van der Waals surface area contributed by atoms with Gasteiger partial charge < -0.3 is 18.3 Å². The summed E-state index contributed by atoms with van der Waals surface area (Å²) in [5.41, 5.74) is 0.282. The van der Waals surface area contributed by atoms with Crippen LogP contribution in [0, 0.1) is 0 Å². The standard InChI is InChI=1S/C14H28O5Si2/c1-11(18-20(4,5)6)13(14(15)17-3)12(10-16-2)19-21(7,8)9/h10H,1-9H3/b12-10-,13-11+. The zero-order chi connectivity index (χ0) is 16.8. The van der Waals surface area contributed by atoms with Gasteiger partial charge in [0.2, 0.25) is 16.6 Å². The van der Waals surface area contributed by atoms with Gasteiger partial charge in [-0.3, -0.25) is 0 Å². The Labute approximate surface area is 130 Å². The molecule has 0 amide bonds. The van der Waals surface area contributed by atoms with Crippen molar-refractivity contribution in [3.8, 4) is 0 Å². The lowest BCUT2D eigenvalue weighted by Gasteiger charge is -2.26. The van der Waals surface area contributed by atoms with E-state index in [1.807, 2.05) is 39.3 Å². The molecule has 0 fully saturated rings. The maximum absolute atomic E-state index is 12.1. The molecule has 0 heterocycles. The highest BCUT2D eigenvalue weighted by Crippen LogP contribution is 2.25. The van der Waals surface area contributed by atoms with Gasteiger partial charge in [-0.15, -0.1) is 0 Å². The molecule has 0 saturated carbocycles. The van der Waals surface area contributed by atoms with E-state index in [9.17, 15) is 4.79 Å². The topological polar surface area (TPSA) is 54.0 Å². The second-order valence-electron chi connectivity index (χ2n) is 6.57. The van der Waals surface area contributed by atoms with Gasteiger partial charge in [-0.1, -0.05) is 0 Å². The van der Waals surface area contributed by atoms with Crippen molar-refractivity contribution in [2.75, 3.05) is 14.2 Å².